The minimum atomic E-state index is -0.997. The molecule has 1 N–H and O–H groups in total. The lowest BCUT2D eigenvalue weighted by Crippen LogP contribution is -2.27. The average molecular weight is 439 g/mol. The fourth-order valence-electron chi connectivity index (χ4n) is 3.05. The first-order valence-corrected chi connectivity index (χ1v) is 10.1. The van der Waals surface area contributed by atoms with Crippen LogP contribution in [0.5, 0.6) is 0 Å². The number of carboxylic acids is 1. The van der Waals surface area contributed by atoms with Gasteiger partial charge in [0.1, 0.15) is 0 Å². The highest BCUT2D eigenvalue weighted by Crippen LogP contribution is 2.33. The molecular formula is C22H15ClN2O4S. The molecule has 1 aliphatic rings. The minimum Gasteiger partial charge on any atom is -0.478 e. The van der Waals surface area contributed by atoms with Gasteiger partial charge in [0.2, 0.25) is 0 Å². The molecule has 1 saturated heterocycles. The quantitative estimate of drug-likeness (QED) is 0.563. The number of hydrogen-bond acceptors (Lipinski definition) is 4. The molecule has 0 aliphatic carbocycles. The summed E-state index contributed by atoms with van der Waals surface area (Å²) in [7, 11) is 0. The van der Waals surface area contributed by atoms with Crippen LogP contribution < -0.4 is 0 Å². The minimum absolute atomic E-state index is 0.177. The Balaban J connectivity index is 1.58. The molecule has 2 aromatic carbocycles. The Kier molecular flexibility index (Phi) is 5.48. The maximum absolute atomic E-state index is 12.8. The Morgan fingerprint density at radius 1 is 1.03 bits per heavy atom. The van der Waals surface area contributed by atoms with E-state index in [9.17, 15) is 14.4 Å². The first-order valence-electron chi connectivity index (χ1n) is 8.93. The van der Waals surface area contributed by atoms with Crippen molar-refractivity contribution in [3.8, 4) is 5.69 Å². The number of aromatic carboxylic acids is 1. The molecule has 2 heterocycles. The van der Waals surface area contributed by atoms with Gasteiger partial charge in [-0.1, -0.05) is 23.7 Å². The number of benzene rings is 2. The third-order valence-corrected chi connectivity index (χ3v) is 5.74. The molecule has 0 spiro atoms. The van der Waals surface area contributed by atoms with Gasteiger partial charge in [0.15, 0.2) is 0 Å². The fourth-order valence-corrected chi connectivity index (χ4v) is 4.00. The lowest BCUT2D eigenvalue weighted by Gasteiger charge is -2.12. The van der Waals surface area contributed by atoms with Crippen molar-refractivity contribution < 1.29 is 19.5 Å². The Morgan fingerprint density at radius 2 is 1.73 bits per heavy atom. The number of carbonyl (C=O) groups excluding carboxylic acids is 2. The Labute approximate surface area is 181 Å². The summed E-state index contributed by atoms with van der Waals surface area (Å²) in [4.78, 5) is 37.8. The van der Waals surface area contributed by atoms with Crippen molar-refractivity contribution in [3.63, 3.8) is 0 Å². The van der Waals surface area contributed by atoms with Crippen molar-refractivity contribution in [2.75, 3.05) is 0 Å². The summed E-state index contributed by atoms with van der Waals surface area (Å²) in [5, 5.41) is 9.31. The van der Waals surface area contributed by atoms with E-state index in [1.54, 1.807) is 48.7 Å². The standard InChI is InChI=1S/C22H15ClN2O4S/c23-16-7-3-14(4-8-16)13-25-20(26)19(30-22(25)29)12-18-2-1-11-24(18)17-9-5-15(6-10-17)21(27)28/h1-12H,13H2,(H,27,28)/b19-12+. The third kappa shape index (κ3) is 4.03. The van der Waals surface area contributed by atoms with Gasteiger partial charge >= 0.3 is 5.97 Å². The van der Waals surface area contributed by atoms with Crippen molar-refractivity contribution in [2.24, 2.45) is 0 Å². The Bertz CT molecular complexity index is 1170. The van der Waals surface area contributed by atoms with E-state index in [-0.39, 0.29) is 23.3 Å². The SMILES string of the molecule is O=C(O)c1ccc(-n2cccc2/C=C2/SC(=O)N(Cc3ccc(Cl)cc3)C2=O)cc1. The molecule has 2 amide bonds. The second-order valence-corrected chi connectivity index (χ2v) is 7.98. The molecule has 0 atom stereocenters. The van der Waals surface area contributed by atoms with E-state index in [4.69, 9.17) is 16.7 Å². The van der Waals surface area contributed by atoms with E-state index >= 15 is 0 Å². The van der Waals surface area contributed by atoms with Gasteiger partial charge in [-0.3, -0.25) is 14.5 Å². The van der Waals surface area contributed by atoms with Gasteiger partial charge in [-0.05, 0) is 71.9 Å². The molecular weight excluding hydrogens is 424 g/mol. The van der Waals surface area contributed by atoms with Crippen LogP contribution in [0.4, 0.5) is 4.79 Å². The van der Waals surface area contributed by atoms with Gasteiger partial charge in [-0.2, -0.15) is 0 Å². The highest BCUT2D eigenvalue weighted by atomic mass is 35.5. The fraction of sp³-hybridized carbons (Fsp3) is 0.0455. The first kappa shape index (κ1) is 20.0. The van der Waals surface area contributed by atoms with Gasteiger partial charge in [-0.25, -0.2) is 4.79 Å². The molecule has 8 heteroatoms. The molecule has 1 fully saturated rings. The normalized spacial score (nSPS) is 15.2. The number of carbonyl (C=O) groups is 3. The molecule has 4 rings (SSSR count). The summed E-state index contributed by atoms with van der Waals surface area (Å²) in [5.74, 6) is -1.35. The van der Waals surface area contributed by atoms with Crippen LogP contribution in [0.2, 0.25) is 5.02 Å². The van der Waals surface area contributed by atoms with Crippen LogP contribution in [0.15, 0.2) is 71.8 Å². The van der Waals surface area contributed by atoms with E-state index in [0.717, 1.165) is 23.0 Å². The Morgan fingerprint density at radius 3 is 2.40 bits per heavy atom. The highest BCUT2D eigenvalue weighted by Gasteiger charge is 2.35. The average Bonchev–Trinajstić information content (AvgIpc) is 3.30. The lowest BCUT2D eigenvalue weighted by molar-refractivity contribution is -0.123. The van der Waals surface area contributed by atoms with E-state index in [1.807, 2.05) is 16.7 Å². The number of thioether (sulfide) groups is 1. The van der Waals surface area contributed by atoms with Crippen LogP contribution in [0.3, 0.4) is 0 Å². The molecule has 6 nitrogen and oxygen atoms in total. The number of aromatic nitrogens is 1. The second-order valence-electron chi connectivity index (χ2n) is 6.55. The molecule has 30 heavy (non-hydrogen) atoms. The van der Waals surface area contributed by atoms with E-state index in [1.165, 1.54) is 17.0 Å². The Hall–Kier alpha value is -3.29. The monoisotopic (exact) mass is 438 g/mol. The number of amides is 2. The zero-order chi connectivity index (χ0) is 21.3. The lowest BCUT2D eigenvalue weighted by atomic mass is 10.2. The summed E-state index contributed by atoms with van der Waals surface area (Å²) < 4.78 is 1.82. The van der Waals surface area contributed by atoms with Crippen LogP contribution in [0.25, 0.3) is 11.8 Å². The summed E-state index contributed by atoms with van der Waals surface area (Å²) in [6, 6.07) is 17.0. The van der Waals surface area contributed by atoms with Crippen LogP contribution >= 0.6 is 23.4 Å². The first-order chi connectivity index (χ1) is 14.4. The van der Waals surface area contributed by atoms with Gasteiger partial charge in [0.05, 0.1) is 17.0 Å². The molecule has 0 bridgehead atoms. The molecule has 0 unspecified atom stereocenters. The summed E-state index contributed by atoms with van der Waals surface area (Å²) in [5.41, 5.74) is 2.45. The molecule has 1 aliphatic heterocycles. The van der Waals surface area contributed by atoms with Crippen LogP contribution in [-0.4, -0.2) is 31.7 Å². The number of rotatable bonds is 5. The van der Waals surface area contributed by atoms with Gasteiger partial charge in [-0.15, -0.1) is 0 Å². The molecule has 0 saturated carbocycles. The van der Waals surface area contributed by atoms with Crippen LogP contribution in [0.1, 0.15) is 21.6 Å². The topological polar surface area (TPSA) is 79.6 Å². The third-order valence-electron chi connectivity index (χ3n) is 4.58. The number of hydrogen-bond donors (Lipinski definition) is 1. The van der Waals surface area contributed by atoms with Crippen molar-refractivity contribution in [2.45, 2.75) is 6.54 Å². The van der Waals surface area contributed by atoms with Gasteiger partial charge in [0.25, 0.3) is 11.1 Å². The van der Waals surface area contributed by atoms with Crippen molar-refractivity contribution in [1.82, 2.24) is 9.47 Å². The van der Waals surface area contributed by atoms with Crippen molar-refractivity contribution >= 4 is 46.6 Å². The van der Waals surface area contributed by atoms with E-state index < -0.39 is 5.97 Å². The van der Waals surface area contributed by atoms with Crippen LogP contribution in [0, 0.1) is 0 Å². The molecule has 0 radical (unpaired) electrons. The smallest absolute Gasteiger partial charge is 0.335 e. The molecule has 150 valence electrons. The van der Waals surface area contributed by atoms with E-state index in [2.05, 4.69) is 0 Å². The van der Waals surface area contributed by atoms with Crippen molar-refractivity contribution in [1.29, 1.82) is 0 Å². The number of carboxylic acid groups (broad SMARTS) is 1. The largest absolute Gasteiger partial charge is 0.478 e. The predicted octanol–water partition coefficient (Wildman–Crippen LogP) is 5.07. The molecule has 3 aromatic rings. The highest BCUT2D eigenvalue weighted by molar-refractivity contribution is 8.18. The number of nitrogens with zero attached hydrogens (tertiary/aromatic N) is 2. The number of imide groups is 1. The number of halogens is 1. The zero-order valence-electron chi connectivity index (χ0n) is 15.5. The van der Waals surface area contributed by atoms with Crippen molar-refractivity contribution in [3.05, 3.63) is 93.6 Å². The van der Waals surface area contributed by atoms with Gasteiger partial charge in [0, 0.05) is 22.6 Å². The maximum atomic E-state index is 12.8. The van der Waals surface area contributed by atoms with E-state index in [0.29, 0.717) is 15.6 Å². The summed E-state index contributed by atoms with van der Waals surface area (Å²) in [6.45, 7) is 0.177. The summed E-state index contributed by atoms with van der Waals surface area (Å²) >= 11 is 6.78. The molecule has 1 aromatic heterocycles. The van der Waals surface area contributed by atoms with Gasteiger partial charge < -0.3 is 9.67 Å². The summed E-state index contributed by atoms with van der Waals surface area (Å²) in [6.07, 6.45) is 3.47. The predicted molar refractivity (Wildman–Crippen MR) is 116 cm³/mol. The second kappa shape index (κ2) is 8.22. The van der Waals surface area contributed by atoms with Crippen LogP contribution in [-0.2, 0) is 11.3 Å². The zero-order valence-corrected chi connectivity index (χ0v) is 17.1. The maximum Gasteiger partial charge on any atom is 0.335 e.